The molecule has 18 heavy (non-hydrogen) atoms. The molecule has 1 aliphatic carbocycles. The van der Waals surface area contributed by atoms with E-state index in [4.69, 9.17) is 23.2 Å². The zero-order valence-corrected chi connectivity index (χ0v) is 12.6. The molecule has 0 unspecified atom stereocenters. The second-order valence-electron chi connectivity index (χ2n) is 5.55. The Kier molecular flexibility index (Phi) is 4.40. The molecule has 0 radical (unpaired) electrons. The van der Waals surface area contributed by atoms with Crippen molar-refractivity contribution in [1.29, 1.82) is 0 Å². The van der Waals surface area contributed by atoms with E-state index in [0.29, 0.717) is 27.8 Å². The van der Waals surface area contributed by atoms with Gasteiger partial charge in [0.15, 0.2) is 0 Å². The number of benzene rings is 1. The number of rotatable bonds is 3. The van der Waals surface area contributed by atoms with Crippen LogP contribution in [-0.2, 0) is 0 Å². The fourth-order valence-electron chi connectivity index (χ4n) is 2.97. The van der Waals surface area contributed by atoms with Gasteiger partial charge in [-0.2, -0.15) is 0 Å². The van der Waals surface area contributed by atoms with Crippen molar-refractivity contribution in [2.75, 3.05) is 0 Å². The maximum absolute atomic E-state index is 6.13. The third-order valence-corrected chi connectivity index (χ3v) is 4.84. The summed E-state index contributed by atoms with van der Waals surface area (Å²) in [6.07, 6.45) is 3.76. The van der Waals surface area contributed by atoms with Crippen LogP contribution in [0.2, 0.25) is 10.0 Å². The van der Waals surface area contributed by atoms with Crippen LogP contribution in [-0.4, -0.2) is 0 Å². The van der Waals surface area contributed by atoms with Gasteiger partial charge in [0.2, 0.25) is 0 Å². The molecule has 0 heterocycles. The Labute approximate surface area is 120 Å². The predicted molar refractivity (Wildman–Crippen MR) is 80.5 cm³/mol. The summed E-state index contributed by atoms with van der Waals surface area (Å²) in [5.41, 5.74) is 2.69. The van der Waals surface area contributed by atoms with E-state index in [1.54, 1.807) is 0 Å². The molecule has 2 rings (SSSR count). The molecule has 1 aliphatic rings. The molecule has 1 saturated carbocycles. The van der Waals surface area contributed by atoms with E-state index in [1.165, 1.54) is 30.4 Å². The van der Waals surface area contributed by atoms with Crippen LogP contribution in [0.3, 0.4) is 0 Å². The molecule has 98 valence electrons. The molecule has 0 saturated heterocycles. The second-order valence-corrected chi connectivity index (χ2v) is 6.36. The number of hydrogen-bond acceptors (Lipinski definition) is 0. The lowest BCUT2D eigenvalue weighted by atomic mass is 9.80. The summed E-state index contributed by atoms with van der Waals surface area (Å²) in [6.45, 7) is 8.75. The van der Waals surface area contributed by atoms with Gasteiger partial charge in [0.1, 0.15) is 0 Å². The van der Waals surface area contributed by atoms with Crippen LogP contribution in [0.5, 0.6) is 0 Å². The highest BCUT2D eigenvalue weighted by atomic mass is 35.5. The van der Waals surface area contributed by atoms with E-state index >= 15 is 0 Å². The average molecular weight is 283 g/mol. The third-order valence-electron chi connectivity index (χ3n) is 4.11. The first-order valence-electron chi connectivity index (χ1n) is 6.64. The van der Waals surface area contributed by atoms with Crippen LogP contribution in [0, 0.1) is 11.8 Å². The summed E-state index contributed by atoms with van der Waals surface area (Å²) in [6, 6.07) is 6.05. The smallest absolute Gasteiger partial charge is 0.0595 e. The van der Waals surface area contributed by atoms with Gasteiger partial charge in [0, 0.05) is 0 Å². The number of hydrogen-bond donors (Lipinski definition) is 0. The number of halogens is 2. The van der Waals surface area contributed by atoms with E-state index in [2.05, 4.69) is 26.5 Å². The van der Waals surface area contributed by atoms with Gasteiger partial charge >= 0.3 is 0 Å². The van der Waals surface area contributed by atoms with E-state index in [1.807, 2.05) is 12.1 Å². The molecule has 1 aromatic rings. The molecule has 2 atom stereocenters. The van der Waals surface area contributed by atoms with Crippen molar-refractivity contribution >= 4 is 23.2 Å². The van der Waals surface area contributed by atoms with Gasteiger partial charge < -0.3 is 0 Å². The van der Waals surface area contributed by atoms with Crippen LogP contribution in [0.25, 0.3) is 0 Å². The first-order chi connectivity index (χ1) is 8.50. The lowest BCUT2D eigenvalue weighted by molar-refractivity contribution is 0.507. The van der Waals surface area contributed by atoms with Crippen LogP contribution in [0.4, 0.5) is 0 Å². The summed E-state index contributed by atoms with van der Waals surface area (Å²) >= 11 is 12.1. The molecular weight excluding hydrogens is 263 g/mol. The van der Waals surface area contributed by atoms with Crippen molar-refractivity contribution in [3.8, 4) is 0 Å². The summed E-state index contributed by atoms with van der Waals surface area (Å²) in [7, 11) is 0. The minimum Gasteiger partial charge on any atom is -0.0993 e. The lowest BCUT2D eigenvalue weighted by Crippen LogP contribution is -2.12. The molecule has 0 aromatic heterocycles. The van der Waals surface area contributed by atoms with Gasteiger partial charge in [-0.3, -0.25) is 0 Å². The summed E-state index contributed by atoms with van der Waals surface area (Å²) in [4.78, 5) is 0. The average Bonchev–Trinajstić information content (AvgIpc) is 2.80. The van der Waals surface area contributed by atoms with Crippen LogP contribution in [0.15, 0.2) is 30.4 Å². The fourth-order valence-corrected chi connectivity index (χ4v) is 3.28. The minimum atomic E-state index is 0.554. The van der Waals surface area contributed by atoms with E-state index in [-0.39, 0.29) is 0 Å². The maximum Gasteiger partial charge on any atom is 0.0595 e. The number of allylic oxidation sites excluding steroid dienone is 1. The van der Waals surface area contributed by atoms with Crippen LogP contribution in [0.1, 0.15) is 44.6 Å². The topological polar surface area (TPSA) is 0 Å². The summed E-state index contributed by atoms with van der Waals surface area (Å²) in [5, 5.41) is 1.30. The molecule has 1 fully saturated rings. The summed E-state index contributed by atoms with van der Waals surface area (Å²) < 4.78 is 0. The normalized spacial score (nSPS) is 23.6. The highest BCUT2D eigenvalue weighted by Gasteiger charge is 2.31. The van der Waals surface area contributed by atoms with Crippen molar-refractivity contribution in [1.82, 2.24) is 0 Å². The fraction of sp³-hybridized carbons (Fsp3) is 0.500. The molecule has 0 amide bonds. The van der Waals surface area contributed by atoms with Gasteiger partial charge in [-0.1, -0.05) is 61.7 Å². The Morgan fingerprint density at radius 2 is 1.94 bits per heavy atom. The highest BCUT2D eigenvalue weighted by Crippen LogP contribution is 2.45. The Balaban J connectivity index is 2.26. The van der Waals surface area contributed by atoms with Gasteiger partial charge in [0.25, 0.3) is 0 Å². The Hall–Kier alpha value is -0.460. The Bertz CT molecular complexity index is 448. The molecule has 0 N–H and O–H groups in total. The van der Waals surface area contributed by atoms with Crippen molar-refractivity contribution in [2.24, 2.45) is 11.8 Å². The quantitative estimate of drug-likeness (QED) is 0.589. The largest absolute Gasteiger partial charge is 0.0993 e. The van der Waals surface area contributed by atoms with Crippen molar-refractivity contribution in [2.45, 2.75) is 39.0 Å². The first kappa shape index (κ1) is 14.0. The van der Waals surface area contributed by atoms with E-state index < -0.39 is 0 Å². The second kappa shape index (κ2) is 5.67. The van der Waals surface area contributed by atoms with Crippen LogP contribution < -0.4 is 0 Å². The highest BCUT2D eigenvalue weighted by molar-refractivity contribution is 6.42. The maximum atomic E-state index is 6.13. The third kappa shape index (κ3) is 2.75. The Morgan fingerprint density at radius 3 is 2.56 bits per heavy atom. The zero-order chi connectivity index (χ0) is 13.3. The standard InChI is InChI=1S/C16H20Cl2/c1-10(2)11(3)13-5-4-6-14(13)12-7-8-15(17)16(18)9-12/h7-10,13-14H,3-6H2,1-2H3/t13-,14-/m1/s1. The first-order valence-corrected chi connectivity index (χ1v) is 7.40. The summed E-state index contributed by atoms with van der Waals surface area (Å²) in [5.74, 6) is 1.72. The van der Waals surface area contributed by atoms with Crippen LogP contribution >= 0.6 is 23.2 Å². The van der Waals surface area contributed by atoms with Gasteiger partial charge in [-0.05, 0) is 48.3 Å². The molecule has 1 aromatic carbocycles. The van der Waals surface area contributed by atoms with E-state index in [9.17, 15) is 0 Å². The molecule has 0 nitrogen and oxygen atoms in total. The van der Waals surface area contributed by atoms with Crippen molar-refractivity contribution < 1.29 is 0 Å². The van der Waals surface area contributed by atoms with Gasteiger partial charge in [0.05, 0.1) is 10.0 Å². The monoisotopic (exact) mass is 282 g/mol. The van der Waals surface area contributed by atoms with Crippen molar-refractivity contribution in [3.05, 3.63) is 46.0 Å². The van der Waals surface area contributed by atoms with Crippen molar-refractivity contribution in [3.63, 3.8) is 0 Å². The SMILES string of the molecule is C=C(C(C)C)[C@H]1CCC[C@@H]1c1ccc(Cl)c(Cl)c1. The predicted octanol–water partition coefficient (Wildman–Crippen LogP) is 6.09. The zero-order valence-electron chi connectivity index (χ0n) is 11.0. The minimum absolute atomic E-state index is 0.554. The molecule has 2 heteroatoms. The lowest BCUT2D eigenvalue weighted by Gasteiger charge is -2.25. The molecular formula is C16H20Cl2. The molecule has 0 bridgehead atoms. The Morgan fingerprint density at radius 1 is 1.22 bits per heavy atom. The van der Waals surface area contributed by atoms with Gasteiger partial charge in [-0.15, -0.1) is 0 Å². The molecule has 0 aliphatic heterocycles. The molecule has 0 spiro atoms. The van der Waals surface area contributed by atoms with Gasteiger partial charge in [-0.25, -0.2) is 0 Å². The van der Waals surface area contributed by atoms with E-state index in [0.717, 1.165) is 0 Å².